The lowest BCUT2D eigenvalue weighted by Crippen LogP contribution is -2.38. The minimum absolute atomic E-state index is 0.0668. The summed E-state index contributed by atoms with van der Waals surface area (Å²) in [6.07, 6.45) is 0. The molecule has 0 radical (unpaired) electrons. The number of nitrogens with zero attached hydrogens (tertiary/aromatic N) is 1. The van der Waals surface area contributed by atoms with Crippen LogP contribution in [-0.4, -0.2) is 30.8 Å². The van der Waals surface area contributed by atoms with Crippen LogP contribution in [0.2, 0.25) is 0 Å². The summed E-state index contributed by atoms with van der Waals surface area (Å²) in [5.74, 6) is 2.29. The molecule has 0 aliphatic carbocycles. The van der Waals surface area contributed by atoms with Crippen LogP contribution in [0, 0.1) is 6.92 Å². The van der Waals surface area contributed by atoms with E-state index in [-0.39, 0.29) is 6.61 Å². The van der Waals surface area contributed by atoms with Crippen LogP contribution in [0.25, 0.3) is 0 Å². The molecule has 0 amide bonds. The van der Waals surface area contributed by atoms with E-state index in [1.807, 2.05) is 56.3 Å². The molecule has 0 spiro atoms. The van der Waals surface area contributed by atoms with Gasteiger partial charge < -0.3 is 20.5 Å². The van der Waals surface area contributed by atoms with Crippen LogP contribution in [0.5, 0.6) is 11.5 Å². The summed E-state index contributed by atoms with van der Waals surface area (Å²) in [5.41, 5.74) is 2.14. The summed E-state index contributed by atoms with van der Waals surface area (Å²) in [4.78, 5) is 4.56. The summed E-state index contributed by atoms with van der Waals surface area (Å²) in [6.45, 7) is 5.83. The summed E-state index contributed by atoms with van der Waals surface area (Å²) in [5, 5.41) is 15.2. The van der Waals surface area contributed by atoms with E-state index in [2.05, 4.69) is 21.7 Å². The Hall–Kier alpha value is -2.53. The minimum Gasteiger partial charge on any atom is -0.457 e. The van der Waals surface area contributed by atoms with Gasteiger partial charge in [-0.2, -0.15) is 0 Å². The van der Waals surface area contributed by atoms with Gasteiger partial charge in [0.1, 0.15) is 11.5 Å². The Balaban J connectivity index is 2.16. The Bertz CT molecular complexity index is 657. The van der Waals surface area contributed by atoms with Crippen molar-refractivity contribution in [1.29, 1.82) is 0 Å². The van der Waals surface area contributed by atoms with Crippen molar-refractivity contribution in [2.75, 3.05) is 19.7 Å². The van der Waals surface area contributed by atoms with E-state index in [1.54, 1.807) is 0 Å². The van der Waals surface area contributed by atoms with Crippen LogP contribution in [0.15, 0.2) is 53.5 Å². The number of para-hydroxylation sites is 1. The molecule has 0 aliphatic rings. The number of aliphatic imine (C=N–C) groups is 1. The first-order chi connectivity index (χ1) is 11.7. The molecule has 0 unspecified atom stereocenters. The van der Waals surface area contributed by atoms with Gasteiger partial charge in [-0.25, -0.2) is 4.99 Å². The number of benzene rings is 2. The van der Waals surface area contributed by atoms with Crippen molar-refractivity contribution in [3.63, 3.8) is 0 Å². The molecule has 5 nitrogen and oxygen atoms in total. The van der Waals surface area contributed by atoms with Crippen LogP contribution >= 0.6 is 0 Å². The standard InChI is InChI=1S/C19H25N3O2/c1-3-20-19(21-11-12-23)22-14-16-10-9-15(2)13-18(16)24-17-7-5-4-6-8-17/h4-10,13,23H,3,11-12,14H2,1-2H3,(H2,20,21,22). The summed E-state index contributed by atoms with van der Waals surface area (Å²) in [7, 11) is 0. The highest BCUT2D eigenvalue weighted by atomic mass is 16.5. The topological polar surface area (TPSA) is 65.9 Å². The van der Waals surface area contributed by atoms with E-state index in [0.717, 1.165) is 29.2 Å². The predicted molar refractivity (Wildman–Crippen MR) is 97.6 cm³/mol. The molecule has 5 heteroatoms. The number of rotatable bonds is 7. The molecular weight excluding hydrogens is 302 g/mol. The molecule has 0 aromatic heterocycles. The lowest BCUT2D eigenvalue weighted by atomic mass is 10.1. The third-order valence-electron chi connectivity index (χ3n) is 3.35. The Morgan fingerprint density at radius 2 is 1.92 bits per heavy atom. The Labute approximate surface area is 143 Å². The molecule has 2 aromatic rings. The van der Waals surface area contributed by atoms with Gasteiger partial charge in [-0.1, -0.05) is 30.3 Å². The van der Waals surface area contributed by atoms with Crippen LogP contribution < -0.4 is 15.4 Å². The van der Waals surface area contributed by atoms with Crippen molar-refractivity contribution in [3.05, 3.63) is 59.7 Å². The van der Waals surface area contributed by atoms with Gasteiger partial charge in [-0.05, 0) is 37.6 Å². The third kappa shape index (κ3) is 5.59. The number of aliphatic hydroxyl groups is 1. The van der Waals surface area contributed by atoms with Crippen molar-refractivity contribution < 1.29 is 9.84 Å². The zero-order valence-corrected chi connectivity index (χ0v) is 14.2. The SMILES string of the molecule is CCNC(=NCc1ccc(C)cc1Oc1ccccc1)NCCO. The third-order valence-corrected chi connectivity index (χ3v) is 3.35. The molecule has 3 N–H and O–H groups in total. The molecule has 24 heavy (non-hydrogen) atoms. The molecule has 0 fully saturated rings. The molecule has 0 bridgehead atoms. The van der Waals surface area contributed by atoms with E-state index in [4.69, 9.17) is 9.84 Å². The molecule has 128 valence electrons. The van der Waals surface area contributed by atoms with Crippen molar-refractivity contribution in [2.24, 2.45) is 4.99 Å². The van der Waals surface area contributed by atoms with Gasteiger partial charge in [0.25, 0.3) is 0 Å². The highest BCUT2D eigenvalue weighted by Gasteiger charge is 2.06. The summed E-state index contributed by atoms with van der Waals surface area (Å²) >= 11 is 0. The summed E-state index contributed by atoms with van der Waals surface area (Å²) in [6, 6.07) is 15.8. The number of hydrogen-bond donors (Lipinski definition) is 3. The zero-order chi connectivity index (χ0) is 17.2. The average molecular weight is 327 g/mol. The first kappa shape index (κ1) is 17.8. The monoisotopic (exact) mass is 327 g/mol. The first-order valence-electron chi connectivity index (χ1n) is 8.18. The van der Waals surface area contributed by atoms with E-state index < -0.39 is 0 Å². The highest BCUT2D eigenvalue weighted by Crippen LogP contribution is 2.27. The Kier molecular flexibility index (Phi) is 7.11. The quantitative estimate of drug-likeness (QED) is 0.540. The molecule has 2 rings (SSSR count). The smallest absolute Gasteiger partial charge is 0.191 e. The van der Waals surface area contributed by atoms with Gasteiger partial charge in [-0.15, -0.1) is 0 Å². The second kappa shape index (κ2) is 9.57. The van der Waals surface area contributed by atoms with Gasteiger partial charge in [0.05, 0.1) is 13.2 Å². The maximum atomic E-state index is 8.94. The Morgan fingerprint density at radius 3 is 2.62 bits per heavy atom. The fourth-order valence-corrected chi connectivity index (χ4v) is 2.18. The second-order valence-corrected chi connectivity index (χ2v) is 5.37. The average Bonchev–Trinajstić information content (AvgIpc) is 2.59. The number of nitrogens with one attached hydrogen (secondary N) is 2. The van der Waals surface area contributed by atoms with E-state index in [0.29, 0.717) is 19.0 Å². The molecule has 2 aromatic carbocycles. The van der Waals surface area contributed by atoms with Gasteiger partial charge >= 0.3 is 0 Å². The van der Waals surface area contributed by atoms with E-state index >= 15 is 0 Å². The number of aliphatic hydroxyl groups excluding tert-OH is 1. The maximum Gasteiger partial charge on any atom is 0.191 e. The molecule has 0 heterocycles. The van der Waals surface area contributed by atoms with Crippen LogP contribution in [0.3, 0.4) is 0 Å². The minimum atomic E-state index is 0.0668. The molecule has 0 atom stereocenters. The fraction of sp³-hybridized carbons (Fsp3) is 0.316. The maximum absolute atomic E-state index is 8.94. The zero-order valence-electron chi connectivity index (χ0n) is 14.2. The van der Waals surface area contributed by atoms with Crippen molar-refractivity contribution >= 4 is 5.96 Å². The van der Waals surface area contributed by atoms with E-state index in [9.17, 15) is 0 Å². The van der Waals surface area contributed by atoms with Crippen LogP contribution in [0.4, 0.5) is 0 Å². The van der Waals surface area contributed by atoms with Crippen molar-refractivity contribution in [3.8, 4) is 11.5 Å². The van der Waals surface area contributed by atoms with Crippen LogP contribution in [-0.2, 0) is 6.54 Å². The highest BCUT2D eigenvalue weighted by molar-refractivity contribution is 5.79. The number of ether oxygens (including phenoxy) is 1. The molecule has 0 aliphatic heterocycles. The van der Waals surface area contributed by atoms with Crippen molar-refractivity contribution in [1.82, 2.24) is 10.6 Å². The van der Waals surface area contributed by atoms with Gasteiger partial charge in [-0.3, -0.25) is 0 Å². The summed E-state index contributed by atoms with van der Waals surface area (Å²) < 4.78 is 6.01. The van der Waals surface area contributed by atoms with Gasteiger partial charge in [0.15, 0.2) is 5.96 Å². The number of aryl methyl sites for hydroxylation is 1. The lowest BCUT2D eigenvalue weighted by Gasteiger charge is -2.13. The largest absolute Gasteiger partial charge is 0.457 e. The van der Waals surface area contributed by atoms with Crippen LogP contribution in [0.1, 0.15) is 18.1 Å². The lowest BCUT2D eigenvalue weighted by molar-refractivity contribution is 0.300. The van der Waals surface area contributed by atoms with E-state index in [1.165, 1.54) is 0 Å². The first-order valence-corrected chi connectivity index (χ1v) is 8.18. The van der Waals surface area contributed by atoms with Crippen molar-refractivity contribution in [2.45, 2.75) is 20.4 Å². The van der Waals surface area contributed by atoms with Gasteiger partial charge in [0.2, 0.25) is 0 Å². The van der Waals surface area contributed by atoms with Gasteiger partial charge in [0, 0.05) is 18.7 Å². The fourth-order valence-electron chi connectivity index (χ4n) is 2.18. The molecule has 0 saturated carbocycles. The Morgan fingerprint density at radius 1 is 1.12 bits per heavy atom. The normalized spacial score (nSPS) is 11.2. The number of hydrogen-bond acceptors (Lipinski definition) is 3. The molecule has 0 saturated heterocycles. The molecular formula is C19H25N3O2. The number of guanidine groups is 1. The second-order valence-electron chi connectivity index (χ2n) is 5.37. The predicted octanol–water partition coefficient (Wildman–Crippen LogP) is 2.83.